The van der Waals surface area contributed by atoms with E-state index >= 15 is 0 Å². The van der Waals surface area contributed by atoms with Gasteiger partial charge < -0.3 is 9.64 Å². The van der Waals surface area contributed by atoms with E-state index in [2.05, 4.69) is 4.98 Å². The summed E-state index contributed by atoms with van der Waals surface area (Å²) >= 11 is 0. The molecule has 0 radical (unpaired) electrons. The lowest BCUT2D eigenvalue weighted by Gasteiger charge is -2.33. The number of rotatable bonds is 5. The average molecular weight is 399 g/mol. The van der Waals surface area contributed by atoms with Gasteiger partial charge >= 0.3 is 6.18 Å². The van der Waals surface area contributed by atoms with Crippen LogP contribution in [0.15, 0.2) is 18.3 Å². The highest BCUT2D eigenvalue weighted by Gasteiger charge is 2.36. The van der Waals surface area contributed by atoms with Gasteiger partial charge in [-0.05, 0) is 25.0 Å². The molecule has 0 spiro atoms. The van der Waals surface area contributed by atoms with Crippen molar-refractivity contribution in [1.82, 2.24) is 14.8 Å². The fourth-order valence-corrected chi connectivity index (χ4v) is 3.38. The van der Waals surface area contributed by atoms with E-state index in [4.69, 9.17) is 4.74 Å². The van der Waals surface area contributed by atoms with Gasteiger partial charge in [0.15, 0.2) is 0 Å². The number of carbonyl (C=O) groups excluding carboxylic acids is 3. The van der Waals surface area contributed by atoms with E-state index in [0.717, 1.165) is 11.0 Å². The molecule has 28 heavy (non-hydrogen) atoms. The highest BCUT2D eigenvalue weighted by atomic mass is 19.4. The van der Waals surface area contributed by atoms with Crippen molar-refractivity contribution in [3.63, 3.8) is 0 Å². The summed E-state index contributed by atoms with van der Waals surface area (Å²) in [6.07, 6.45) is -1.74. The van der Waals surface area contributed by atoms with Gasteiger partial charge in [-0.25, -0.2) is 4.98 Å². The highest BCUT2D eigenvalue weighted by Crippen LogP contribution is 2.35. The molecule has 152 valence electrons. The Morgan fingerprint density at radius 2 is 1.96 bits per heavy atom. The van der Waals surface area contributed by atoms with Crippen LogP contribution < -0.4 is 4.74 Å². The third-order valence-electron chi connectivity index (χ3n) is 4.85. The van der Waals surface area contributed by atoms with Crippen molar-refractivity contribution < 1.29 is 32.3 Å². The first-order valence-corrected chi connectivity index (χ1v) is 9.01. The molecular weight excluding hydrogens is 379 g/mol. The molecule has 1 atom stereocenters. The molecule has 0 aliphatic carbocycles. The predicted octanol–water partition coefficient (Wildman–Crippen LogP) is 1.87. The maximum atomic E-state index is 13.0. The molecule has 2 fully saturated rings. The summed E-state index contributed by atoms with van der Waals surface area (Å²) in [7, 11) is 0. The lowest BCUT2D eigenvalue weighted by atomic mass is 9.99. The van der Waals surface area contributed by atoms with E-state index in [1.54, 1.807) is 0 Å². The molecular formula is C18H20F3N3O4. The molecule has 0 bridgehead atoms. The standard InChI is InChI=1S/C18H20F3N3O4/c19-18(20,21)13-4-1-7-22-17(13)28-11-12-3-2-8-23(9-12)16(27)10-24-14(25)5-6-15(24)26/h1,4,7,12H,2-3,5-6,8-11H2. The maximum absolute atomic E-state index is 13.0. The first-order valence-electron chi connectivity index (χ1n) is 9.01. The number of carbonyl (C=O) groups is 3. The van der Waals surface area contributed by atoms with E-state index in [1.165, 1.54) is 17.2 Å². The quantitative estimate of drug-likeness (QED) is 0.707. The summed E-state index contributed by atoms with van der Waals surface area (Å²) in [4.78, 5) is 41.9. The number of likely N-dealkylation sites (tertiary alicyclic amines) is 2. The Bertz CT molecular complexity index is 753. The van der Waals surface area contributed by atoms with Gasteiger partial charge in [0.2, 0.25) is 23.6 Å². The number of aromatic nitrogens is 1. The number of hydrogen-bond acceptors (Lipinski definition) is 5. The molecule has 2 aliphatic heterocycles. The topological polar surface area (TPSA) is 79.8 Å². The Kier molecular flexibility index (Phi) is 5.85. The van der Waals surface area contributed by atoms with E-state index < -0.39 is 17.6 Å². The minimum atomic E-state index is -4.56. The number of alkyl halides is 3. The predicted molar refractivity (Wildman–Crippen MR) is 90.0 cm³/mol. The van der Waals surface area contributed by atoms with Crippen molar-refractivity contribution in [3.8, 4) is 5.88 Å². The minimum Gasteiger partial charge on any atom is -0.477 e. The minimum absolute atomic E-state index is 0.00848. The molecule has 0 aromatic carbocycles. The van der Waals surface area contributed by atoms with Crippen molar-refractivity contribution in [2.24, 2.45) is 5.92 Å². The van der Waals surface area contributed by atoms with Crippen LogP contribution in [0.3, 0.4) is 0 Å². The van der Waals surface area contributed by atoms with E-state index in [9.17, 15) is 27.6 Å². The molecule has 1 aromatic rings. The molecule has 2 saturated heterocycles. The fourth-order valence-electron chi connectivity index (χ4n) is 3.38. The second-order valence-corrected chi connectivity index (χ2v) is 6.89. The zero-order valence-corrected chi connectivity index (χ0v) is 15.1. The number of ether oxygens (including phenoxy) is 1. The number of hydrogen-bond donors (Lipinski definition) is 0. The monoisotopic (exact) mass is 399 g/mol. The van der Waals surface area contributed by atoms with Crippen LogP contribution in [0, 0.1) is 5.92 Å². The van der Waals surface area contributed by atoms with Crippen molar-refractivity contribution in [1.29, 1.82) is 0 Å². The number of pyridine rings is 1. The van der Waals surface area contributed by atoms with Crippen molar-refractivity contribution in [2.75, 3.05) is 26.2 Å². The van der Waals surface area contributed by atoms with Crippen LogP contribution in [0.25, 0.3) is 0 Å². The van der Waals surface area contributed by atoms with Crippen LogP contribution in [0.2, 0.25) is 0 Å². The van der Waals surface area contributed by atoms with Crippen LogP contribution >= 0.6 is 0 Å². The SMILES string of the molecule is O=C(CN1C(=O)CCC1=O)N1CCCC(COc2ncccc2C(F)(F)F)C1. The van der Waals surface area contributed by atoms with Gasteiger partial charge in [0, 0.05) is 38.0 Å². The fraction of sp³-hybridized carbons (Fsp3) is 0.556. The van der Waals surface area contributed by atoms with E-state index in [1.807, 2.05) is 0 Å². The summed E-state index contributed by atoms with van der Waals surface area (Å²) in [5, 5.41) is 0. The van der Waals surface area contributed by atoms with Gasteiger partial charge in [-0.1, -0.05) is 0 Å². The molecule has 0 N–H and O–H groups in total. The number of imide groups is 1. The van der Waals surface area contributed by atoms with Crippen molar-refractivity contribution >= 4 is 17.7 Å². The van der Waals surface area contributed by atoms with E-state index in [-0.39, 0.29) is 49.6 Å². The van der Waals surface area contributed by atoms with Crippen molar-refractivity contribution in [2.45, 2.75) is 31.9 Å². The Hall–Kier alpha value is -2.65. The summed E-state index contributed by atoms with van der Waals surface area (Å²) in [6.45, 7) is 0.474. The van der Waals surface area contributed by atoms with Gasteiger partial charge in [0.25, 0.3) is 0 Å². The molecule has 1 aromatic heterocycles. The maximum Gasteiger partial charge on any atom is 0.421 e. The summed E-state index contributed by atoms with van der Waals surface area (Å²) in [5.74, 6) is -1.70. The Labute approximate surface area is 159 Å². The molecule has 3 heterocycles. The summed E-state index contributed by atoms with van der Waals surface area (Å²) in [5.41, 5.74) is -0.940. The van der Waals surface area contributed by atoms with Gasteiger partial charge in [0.05, 0.1) is 6.61 Å². The average Bonchev–Trinajstić information content (AvgIpc) is 2.98. The smallest absolute Gasteiger partial charge is 0.421 e. The molecule has 0 saturated carbocycles. The van der Waals surface area contributed by atoms with Crippen LogP contribution in [0.4, 0.5) is 13.2 Å². The van der Waals surface area contributed by atoms with Crippen LogP contribution in [0.1, 0.15) is 31.2 Å². The normalized spacial score (nSPS) is 20.6. The molecule has 2 aliphatic rings. The third kappa shape index (κ3) is 4.60. The zero-order valence-electron chi connectivity index (χ0n) is 15.1. The Morgan fingerprint density at radius 3 is 2.64 bits per heavy atom. The van der Waals surface area contributed by atoms with Crippen LogP contribution in [0.5, 0.6) is 5.88 Å². The molecule has 3 amide bonds. The summed E-state index contributed by atoms with van der Waals surface area (Å²) in [6, 6.07) is 2.10. The Morgan fingerprint density at radius 1 is 1.25 bits per heavy atom. The lowest BCUT2D eigenvalue weighted by Crippen LogP contribution is -2.47. The van der Waals surface area contributed by atoms with Gasteiger partial charge in [-0.2, -0.15) is 13.2 Å². The molecule has 3 rings (SSSR count). The van der Waals surface area contributed by atoms with E-state index in [0.29, 0.717) is 25.9 Å². The third-order valence-corrected chi connectivity index (χ3v) is 4.85. The van der Waals surface area contributed by atoms with Crippen LogP contribution in [-0.4, -0.2) is 58.7 Å². The van der Waals surface area contributed by atoms with Crippen LogP contribution in [-0.2, 0) is 20.6 Å². The number of amides is 3. The van der Waals surface area contributed by atoms with Gasteiger partial charge in [-0.3, -0.25) is 19.3 Å². The molecule has 7 nitrogen and oxygen atoms in total. The largest absolute Gasteiger partial charge is 0.477 e. The number of halogens is 3. The zero-order chi connectivity index (χ0) is 20.3. The van der Waals surface area contributed by atoms with Crippen molar-refractivity contribution in [3.05, 3.63) is 23.9 Å². The molecule has 10 heteroatoms. The second-order valence-electron chi connectivity index (χ2n) is 6.89. The first kappa shape index (κ1) is 20.1. The van der Waals surface area contributed by atoms with Gasteiger partial charge in [0.1, 0.15) is 12.1 Å². The number of nitrogens with zero attached hydrogens (tertiary/aromatic N) is 3. The second kappa shape index (κ2) is 8.15. The van der Waals surface area contributed by atoms with Gasteiger partial charge in [-0.15, -0.1) is 0 Å². The summed E-state index contributed by atoms with van der Waals surface area (Å²) < 4.78 is 44.3. The number of piperidine rings is 1. The Balaban J connectivity index is 1.56. The lowest BCUT2D eigenvalue weighted by molar-refractivity contribution is -0.146. The first-order chi connectivity index (χ1) is 13.3. The molecule has 1 unspecified atom stereocenters. The highest BCUT2D eigenvalue weighted by molar-refractivity contribution is 6.04.